The van der Waals surface area contributed by atoms with E-state index in [9.17, 15) is 4.79 Å². The van der Waals surface area contributed by atoms with E-state index in [0.29, 0.717) is 13.1 Å². The lowest BCUT2D eigenvalue weighted by atomic mass is 10.2. The number of hydrogen-bond donors (Lipinski definition) is 1. The SMILES string of the molecule is N#CCN(Cc1ccccc1)C(=O)CCN. The van der Waals surface area contributed by atoms with E-state index in [2.05, 4.69) is 0 Å². The van der Waals surface area contributed by atoms with Gasteiger partial charge in [-0.15, -0.1) is 0 Å². The quantitative estimate of drug-likeness (QED) is 0.744. The lowest BCUT2D eigenvalue weighted by molar-refractivity contribution is -0.130. The average molecular weight is 217 g/mol. The van der Waals surface area contributed by atoms with E-state index in [-0.39, 0.29) is 18.9 Å². The molecule has 84 valence electrons. The molecule has 16 heavy (non-hydrogen) atoms. The summed E-state index contributed by atoms with van der Waals surface area (Å²) in [4.78, 5) is 13.1. The zero-order valence-corrected chi connectivity index (χ0v) is 9.10. The van der Waals surface area contributed by atoms with Crippen LogP contribution in [0.15, 0.2) is 30.3 Å². The Balaban J connectivity index is 2.65. The Labute approximate surface area is 95.3 Å². The molecule has 0 bridgehead atoms. The number of nitrogens with zero attached hydrogens (tertiary/aromatic N) is 2. The third-order valence-electron chi connectivity index (χ3n) is 2.19. The van der Waals surface area contributed by atoms with Crippen LogP contribution in [0, 0.1) is 11.3 Å². The van der Waals surface area contributed by atoms with Gasteiger partial charge in [-0.2, -0.15) is 5.26 Å². The van der Waals surface area contributed by atoms with E-state index < -0.39 is 0 Å². The van der Waals surface area contributed by atoms with Crippen LogP contribution >= 0.6 is 0 Å². The number of carbonyl (C=O) groups excluding carboxylic acids is 1. The minimum Gasteiger partial charge on any atom is -0.330 e. The maximum absolute atomic E-state index is 11.6. The standard InChI is InChI=1S/C12H15N3O/c13-7-6-12(16)15(9-8-14)10-11-4-2-1-3-5-11/h1-5H,6-7,9-10,13H2. The first-order valence-corrected chi connectivity index (χ1v) is 5.16. The summed E-state index contributed by atoms with van der Waals surface area (Å²) in [6, 6.07) is 11.6. The van der Waals surface area contributed by atoms with Gasteiger partial charge in [0.1, 0.15) is 6.54 Å². The molecule has 2 N–H and O–H groups in total. The van der Waals surface area contributed by atoms with E-state index in [1.807, 2.05) is 36.4 Å². The second-order valence-corrected chi connectivity index (χ2v) is 3.43. The Morgan fingerprint density at radius 3 is 2.62 bits per heavy atom. The molecule has 0 fully saturated rings. The molecule has 0 aliphatic heterocycles. The summed E-state index contributed by atoms with van der Waals surface area (Å²) in [7, 11) is 0. The van der Waals surface area contributed by atoms with Gasteiger partial charge in [0.15, 0.2) is 0 Å². The fourth-order valence-electron chi connectivity index (χ4n) is 1.40. The van der Waals surface area contributed by atoms with Crippen molar-refractivity contribution < 1.29 is 4.79 Å². The number of benzene rings is 1. The van der Waals surface area contributed by atoms with Gasteiger partial charge in [0.25, 0.3) is 0 Å². The summed E-state index contributed by atoms with van der Waals surface area (Å²) in [6.45, 7) is 0.885. The number of hydrogen-bond acceptors (Lipinski definition) is 3. The molecule has 1 amide bonds. The molecule has 0 aliphatic carbocycles. The zero-order valence-electron chi connectivity index (χ0n) is 9.10. The van der Waals surface area contributed by atoms with E-state index in [1.54, 1.807) is 0 Å². The third-order valence-corrected chi connectivity index (χ3v) is 2.19. The monoisotopic (exact) mass is 217 g/mol. The second kappa shape index (κ2) is 6.59. The highest BCUT2D eigenvalue weighted by molar-refractivity contribution is 5.76. The summed E-state index contributed by atoms with van der Waals surface area (Å²) >= 11 is 0. The van der Waals surface area contributed by atoms with E-state index in [1.165, 1.54) is 4.90 Å². The normalized spacial score (nSPS) is 9.50. The molecule has 0 atom stereocenters. The third kappa shape index (κ3) is 3.71. The molecule has 4 nitrogen and oxygen atoms in total. The van der Waals surface area contributed by atoms with Gasteiger partial charge in [0.05, 0.1) is 6.07 Å². The van der Waals surface area contributed by atoms with Gasteiger partial charge in [-0.1, -0.05) is 30.3 Å². The predicted molar refractivity (Wildman–Crippen MR) is 61.1 cm³/mol. The average Bonchev–Trinajstić information content (AvgIpc) is 2.30. The molecule has 0 heterocycles. The minimum atomic E-state index is -0.0760. The van der Waals surface area contributed by atoms with Gasteiger partial charge in [-0.3, -0.25) is 4.79 Å². The molecule has 0 aromatic heterocycles. The van der Waals surface area contributed by atoms with Crippen molar-refractivity contribution in [3.8, 4) is 6.07 Å². The van der Waals surface area contributed by atoms with E-state index in [4.69, 9.17) is 11.0 Å². The van der Waals surface area contributed by atoms with Crippen molar-refractivity contribution in [2.45, 2.75) is 13.0 Å². The van der Waals surface area contributed by atoms with Gasteiger partial charge in [0.2, 0.25) is 5.91 Å². The smallest absolute Gasteiger partial charge is 0.224 e. The topological polar surface area (TPSA) is 70.1 Å². The van der Waals surface area contributed by atoms with Crippen LogP contribution in [-0.2, 0) is 11.3 Å². The highest BCUT2D eigenvalue weighted by Crippen LogP contribution is 2.05. The summed E-state index contributed by atoms with van der Waals surface area (Å²) in [5, 5.41) is 8.66. The van der Waals surface area contributed by atoms with Crippen LogP contribution in [0.1, 0.15) is 12.0 Å². The lowest BCUT2D eigenvalue weighted by Gasteiger charge is -2.19. The van der Waals surface area contributed by atoms with Gasteiger partial charge >= 0.3 is 0 Å². The summed E-state index contributed by atoms with van der Waals surface area (Å²) in [6.07, 6.45) is 0.286. The fourth-order valence-corrected chi connectivity index (χ4v) is 1.40. The molecule has 4 heteroatoms. The summed E-state index contributed by atoms with van der Waals surface area (Å²) in [5.74, 6) is -0.0760. The molecular weight excluding hydrogens is 202 g/mol. The van der Waals surface area contributed by atoms with Crippen LogP contribution in [0.25, 0.3) is 0 Å². The molecule has 0 saturated heterocycles. The Kier molecular flexibility index (Phi) is 5.03. The Morgan fingerprint density at radius 2 is 2.06 bits per heavy atom. The molecule has 1 aromatic carbocycles. The van der Waals surface area contributed by atoms with Crippen molar-refractivity contribution in [1.29, 1.82) is 5.26 Å². The zero-order chi connectivity index (χ0) is 11.8. The van der Waals surface area contributed by atoms with Crippen molar-refractivity contribution >= 4 is 5.91 Å². The van der Waals surface area contributed by atoms with Crippen molar-refractivity contribution in [3.63, 3.8) is 0 Å². The van der Waals surface area contributed by atoms with Gasteiger partial charge in [0, 0.05) is 19.5 Å². The van der Waals surface area contributed by atoms with Crippen LogP contribution in [0.4, 0.5) is 0 Å². The molecular formula is C12H15N3O. The van der Waals surface area contributed by atoms with Crippen molar-refractivity contribution in [2.24, 2.45) is 5.73 Å². The van der Waals surface area contributed by atoms with Crippen molar-refractivity contribution in [1.82, 2.24) is 4.90 Å². The number of amides is 1. The predicted octanol–water partition coefficient (Wildman–Crippen LogP) is 0.888. The van der Waals surface area contributed by atoms with Gasteiger partial charge in [-0.25, -0.2) is 0 Å². The first-order chi connectivity index (χ1) is 7.77. The van der Waals surface area contributed by atoms with Crippen LogP contribution < -0.4 is 5.73 Å². The molecule has 1 rings (SSSR count). The van der Waals surface area contributed by atoms with E-state index >= 15 is 0 Å². The first-order valence-electron chi connectivity index (χ1n) is 5.16. The Hall–Kier alpha value is -1.86. The molecule has 1 aromatic rings. The van der Waals surface area contributed by atoms with Crippen LogP contribution in [-0.4, -0.2) is 23.9 Å². The number of carbonyl (C=O) groups is 1. The molecule has 0 unspecified atom stereocenters. The maximum Gasteiger partial charge on any atom is 0.224 e. The van der Waals surface area contributed by atoms with Gasteiger partial charge < -0.3 is 10.6 Å². The van der Waals surface area contributed by atoms with Crippen LogP contribution in [0.5, 0.6) is 0 Å². The fraction of sp³-hybridized carbons (Fsp3) is 0.333. The maximum atomic E-state index is 11.6. The number of nitrogens with two attached hydrogens (primary N) is 1. The largest absolute Gasteiger partial charge is 0.330 e. The summed E-state index contributed by atoms with van der Waals surface area (Å²) in [5.41, 5.74) is 6.34. The Morgan fingerprint density at radius 1 is 1.38 bits per heavy atom. The van der Waals surface area contributed by atoms with Crippen molar-refractivity contribution in [2.75, 3.05) is 13.1 Å². The number of rotatable bonds is 5. The molecule has 0 spiro atoms. The van der Waals surface area contributed by atoms with E-state index in [0.717, 1.165) is 5.56 Å². The highest BCUT2D eigenvalue weighted by atomic mass is 16.2. The minimum absolute atomic E-state index is 0.0760. The summed E-state index contributed by atoms with van der Waals surface area (Å²) < 4.78 is 0. The van der Waals surface area contributed by atoms with Crippen LogP contribution in [0.2, 0.25) is 0 Å². The first kappa shape index (κ1) is 12.2. The molecule has 0 aliphatic rings. The number of nitriles is 1. The highest BCUT2D eigenvalue weighted by Gasteiger charge is 2.12. The lowest BCUT2D eigenvalue weighted by Crippen LogP contribution is -2.32. The van der Waals surface area contributed by atoms with Crippen molar-refractivity contribution in [3.05, 3.63) is 35.9 Å². The van der Waals surface area contributed by atoms with Gasteiger partial charge in [-0.05, 0) is 5.56 Å². The Bertz CT molecular complexity index is 370. The molecule has 0 saturated carbocycles. The molecule has 0 radical (unpaired) electrons. The van der Waals surface area contributed by atoms with Crippen LogP contribution in [0.3, 0.4) is 0 Å². The second-order valence-electron chi connectivity index (χ2n) is 3.43.